The van der Waals surface area contributed by atoms with E-state index in [0.717, 1.165) is 53.9 Å². The molecule has 1 saturated heterocycles. The number of carbonyl (C=O) groups excluding carboxylic acids is 1. The van der Waals surface area contributed by atoms with Gasteiger partial charge in [-0.05, 0) is 24.6 Å². The average Bonchev–Trinajstić information content (AvgIpc) is 3.09. The second-order valence-electron chi connectivity index (χ2n) is 7.29. The molecule has 3 aromatic heterocycles. The third-order valence-corrected chi connectivity index (χ3v) is 5.03. The molecule has 0 amide bonds. The first-order chi connectivity index (χ1) is 13.1. The van der Waals surface area contributed by atoms with E-state index in [4.69, 9.17) is 0 Å². The van der Waals surface area contributed by atoms with Crippen LogP contribution in [-0.4, -0.2) is 75.1 Å². The van der Waals surface area contributed by atoms with E-state index in [1.165, 1.54) is 0 Å². The summed E-state index contributed by atoms with van der Waals surface area (Å²) >= 11 is 0. The number of piperazine rings is 1. The summed E-state index contributed by atoms with van der Waals surface area (Å²) in [6.45, 7) is 4.45. The van der Waals surface area contributed by atoms with Crippen LogP contribution in [0.5, 0.6) is 0 Å². The maximum atomic E-state index is 12.5. The zero-order chi connectivity index (χ0) is 18.8. The van der Waals surface area contributed by atoms with Crippen molar-refractivity contribution in [2.75, 3.05) is 39.8 Å². The number of hydrogen-bond donors (Lipinski definition) is 0. The number of pyridine rings is 2. The van der Waals surface area contributed by atoms with Crippen LogP contribution >= 0.6 is 0 Å². The zero-order valence-electron chi connectivity index (χ0n) is 15.8. The summed E-state index contributed by atoms with van der Waals surface area (Å²) in [7, 11) is 4.01. The molecular weight excluding hydrogens is 340 g/mol. The lowest BCUT2D eigenvalue weighted by molar-refractivity contribution is -0.120. The van der Waals surface area contributed by atoms with Crippen molar-refractivity contribution in [3.05, 3.63) is 42.6 Å². The molecule has 27 heavy (non-hydrogen) atoms. The number of nitrogens with zero attached hydrogens (tertiary/aromatic N) is 6. The molecule has 0 atom stereocenters. The van der Waals surface area contributed by atoms with Crippen molar-refractivity contribution < 1.29 is 4.79 Å². The van der Waals surface area contributed by atoms with Crippen molar-refractivity contribution in [2.24, 2.45) is 7.05 Å². The standard InChI is InChI=1S/C20H24N6O/c1-24-3-5-26(6-4-24)14-19(27)9-18-7-15-8-20(17-12-23-25(2)13-17)22-11-16(15)10-21-18/h7-8,10-13H,3-6,9,14H2,1-2H3. The summed E-state index contributed by atoms with van der Waals surface area (Å²) in [6, 6.07) is 4.03. The first-order valence-electron chi connectivity index (χ1n) is 9.23. The first-order valence-corrected chi connectivity index (χ1v) is 9.23. The molecule has 0 aliphatic carbocycles. The van der Waals surface area contributed by atoms with Crippen LogP contribution in [0.1, 0.15) is 5.69 Å². The predicted octanol–water partition coefficient (Wildman–Crippen LogP) is 1.39. The molecule has 0 N–H and O–H groups in total. The van der Waals surface area contributed by atoms with E-state index < -0.39 is 0 Å². The number of fused-ring (bicyclic) bond motifs is 1. The number of likely N-dealkylation sites (N-methyl/N-ethyl adjacent to an activating group) is 1. The van der Waals surface area contributed by atoms with E-state index in [-0.39, 0.29) is 5.78 Å². The molecule has 4 rings (SSSR count). The van der Waals surface area contributed by atoms with Crippen LogP contribution in [0, 0.1) is 0 Å². The topological polar surface area (TPSA) is 67.2 Å². The number of carbonyl (C=O) groups is 1. The third kappa shape index (κ3) is 4.20. The number of hydrogen-bond acceptors (Lipinski definition) is 6. The van der Waals surface area contributed by atoms with Gasteiger partial charge in [0.25, 0.3) is 0 Å². The summed E-state index contributed by atoms with van der Waals surface area (Å²) < 4.78 is 1.76. The zero-order valence-corrected chi connectivity index (χ0v) is 15.8. The van der Waals surface area contributed by atoms with Gasteiger partial charge >= 0.3 is 0 Å². The molecule has 4 heterocycles. The quantitative estimate of drug-likeness (QED) is 0.682. The van der Waals surface area contributed by atoms with Gasteiger partial charge in [-0.2, -0.15) is 5.10 Å². The maximum absolute atomic E-state index is 12.5. The molecule has 1 aliphatic rings. The van der Waals surface area contributed by atoms with Crippen LogP contribution in [-0.2, 0) is 18.3 Å². The van der Waals surface area contributed by atoms with Crippen molar-refractivity contribution in [1.29, 1.82) is 0 Å². The van der Waals surface area contributed by atoms with Gasteiger partial charge in [0.1, 0.15) is 0 Å². The minimum absolute atomic E-state index is 0.216. The summed E-state index contributed by atoms with van der Waals surface area (Å²) in [5.41, 5.74) is 2.66. The Morgan fingerprint density at radius 3 is 2.52 bits per heavy atom. The highest BCUT2D eigenvalue weighted by Crippen LogP contribution is 2.21. The lowest BCUT2D eigenvalue weighted by Crippen LogP contribution is -2.46. The fraction of sp³-hybridized carbons (Fsp3) is 0.400. The first kappa shape index (κ1) is 17.8. The summed E-state index contributed by atoms with van der Waals surface area (Å²) in [5.74, 6) is 0.216. The van der Waals surface area contributed by atoms with E-state index in [1.54, 1.807) is 17.1 Å². The van der Waals surface area contributed by atoms with Crippen LogP contribution in [0.4, 0.5) is 0 Å². The van der Waals surface area contributed by atoms with Crippen LogP contribution in [0.3, 0.4) is 0 Å². The van der Waals surface area contributed by atoms with E-state index in [1.807, 2.05) is 31.6 Å². The minimum Gasteiger partial charge on any atom is -0.304 e. The lowest BCUT2D eigenvalue weighted by atomic mass is 10.1. The Morgan fingerprint density at radius 1 is 1.00 bits per heavy atom. The monoisotopic (exact) mass is 364 g/mol. The largest absolute Gasteiger partial charge is 0.304 e. The molecule has 1 aliphatic heterocycles. The Hall–Kier alpha value is -2.64. The average molecular weight is 364 g/mol. The molecule has 0 unspecified atom stereocenters. The third-order valence-electron chi connectivity index (χ3n) is 5.03. The Bertz CT molecular complexity index is 958. The molecule has 3 aromatic rings. The molecular formula is C20H24N6O. The SMILES string of the molecule is CN1CCN(CC(=O)Cc2cc3cc(-c4cnn(C)c4)ncc3cn2)CC1. The van der Waals surface area contributed by atoms with E-state index >= 15 is 0 Å². The highest BCUT2D eigenvalue weighted by atomic mass is 16.1. The van der Waals surface area contributed by atoms with Gasteiger partial charge < -0.3 is 4.90 Å². The van der Waals surface area contributed by atoms with Crippen LogP contribution in [0.2, 0.25) is 0 Å². The van der Waals surface area contributed by atoms with Crippen molar-refractivity contribution in [1.82, 2.24) is 29.5 Å². The molecule has 1 fully saturated rings. The van der Waals surface area contributed by atoms with Crippen molar-refractivity contribution in [2.45, 2.75) is 6.42 Å². The van der Waals surface area contributed by atoms with Gasteiger partial charge in [-0.1, -0.05) is 0 Å². The second-order valence-corrected chi connectivity index (χ2v) is 7.29. The van der Waals surface area contributed by atoms with Gasteiger partial charge in [-0.25, -0.2) is 0 Å². The van der Waals surface area contributed by atoms with Gasteiger partial charge in [-0.3, -0.25) is 24.3 Å². The number of rotatable bonds is 5. The summed E-state index contributed by atoms with van der Waals surface area (Å²) in [4.78, 5) is 25.9. The lowest BCUT2D eigenvalue weighted by Gasteiger charge is -2.31. The number of aromatic nitrogens is 4. The highest BCUT2D eigenvalue weighted by molar-refractivity contribution is 5.87. The molecule has 0 aromatic carbocycles. The molecule has 7 nitrogen and oxygen atoms in total. The Morgan fingerprint density at radius 2 is 1.78 bits per heavy atom. The Labute approximate surface area is 158 Å². The fourth-order valence-corrected chi connectivity index (χ4v) is 3.40. The second kappa shape index (κ2) is 7.54. The molecule has 0 spiro atoms. The van der Waals surface area contributed by atoms with Gasteiger partial charge in [0.15, 0.2) is 5.78 Å². The van der Waals surface area contributed by atoms with Gasteiger partial charge in [0.2, 0.25) is 0 Å². The highest BCUT2D eigenvalue weighted by Gasteiger charge is 2.17. The van der Waals surface area contributed by atoms with Crippen molar-refractivity contribution in [3.8, 4) is 11.3 Å². The predicted molar refractivity (Wildman–Crippen MR) is 104 cm³/mol. The van der Waals surface area contributed by atoms with Crippen LogP contribution in [0.25, 0.3) is 22.0 Å². The van der Waals surface area contributed by atoms with E-state index in [0.29, 0.717) is 13.0 Å². The normalized spacial score (nSPS) is 16.1. The maximum Gasteiger partial charge on any atom is 0.152 e. The molecule has 0 saturated carbocycles. The van der Waals surface area contributed by atoms with Crippen LogP contribution in [0.15, 0.2) is 36.9 Å². The van der Waals surface area contributed by atoms with E-state index in [9.17, 15) is 4.79 Å². The number of aryl methyl sites for hydroxylation is 1. The smallest absolute Gasteiger partial charge is 0.152 e. The number of Topliss-reactive ketones (excluding diaryl/α,β-unsaturated/α-hetero) is 1. The number of ketones is 1. The summed E-state index contributed by atoms with van der Waals surface area (Å²) in [5, 5.41) is 6.22. The minimum atomic E-state index is 0.216. The fourth-order valence-electron chi connectivity index (χ4n) is 3.40. The summed E-state index contributed by atoms with van der Waals surface area (Å²) in [6.07, 6.45) is 7.73. The van der Waals surface area contributed by atoms with Crippen molar-refractivity contribution >= 4 is 16.6 Å². The van der Waals surface area contributed by atoms with Gasteiger partial charge in [0.05, 0.1) is 24.9 Å². The Balaban J connectivity index is 1.48. The van der Waals surface area contributed by atoms with Crippen LogP contribution < -0.4 is 0 Å². The van der Waals surface area contributed by atoms with E-state index in [2.05, 4.69) is 31.9 Å². The Kier molecular flexibility index (Phi) is 4.96. The van der Waals surface area contributed by atoms with Gasteiger partial charge in [0, 0.05) is 68.5 Å². The molecule has 0 bridgehead atoms. The van der Waals surface area contributed by atoms with Crippen molar-refractivity contribution in [3.63, 3.8) is 0 Å². The van der Waals surface area contributed by atoms with Gasteiger partial charge in [-0.15, -0.1) is 0 Å². The molecule has 140 valence electrons. The molecule has 7 heteroatoms. The molecule has 0 radical (unpaired) electrons.